The number of halogens is 2. The number of carbonyl (C=O) groups is 2. The molecule has 29 heavy (non-hydrogen) atoms. The van der Waals surface area contributed by atoms with E-state index in [1.165, 1.54) is 36.4 Å². The van der Waals surface area contributed by atoms with E-state index in [9.17, 15) is 18.4 Å². The van der Waals surface area contributed by atoms with E-state index < -0.39 is 23.4 Å². The number of hydrogen-bond donors (Lipinski definition) is 2. The Kier molecular flexibility index (Phi) is 6.36. The van der Waals surface area contributed by atoms with E-state index in [0.29, 0.717) is 22.8 Å². The number of benzene rings is 2. The summed E-state index contributed by atoms with van der Waals surface area (Å²) in [5.41, 5.74) is 4.66. The second-order valence-electron chi connectivity index (χ2n) is 5.80. The highest BCUT2D eigenvalue weighted by molar-refractivity contribution is 5.93. The average molecular weight is 398 g/mol. The van der Waals surface area contributed by atoms with Gasteiger partial charge in [-0.15, -0.1) is 0 Å². The van der Waals surface area contributed by atoms with E-state index in [0.717, 1.165) is 6.08 Å². The highest BCUT2D eigenvalue weighted by Crippen LogP contribution is 2.25. The summed E-state index contributed by atoms with van der Waals surface area (Å²) >= 11 is 0. The number of hydrogen-bond acceptors (Lipinski definition) is 4. The van der Waals surface area contributed by atoms with Crippen molar-refractivity contribution < 1.29 is 27.5 Å². The minimum Gasteiger partial charge on any atom is -0.484 e. The third-order valence-corrected chi connectivity index (χ3v) is 3.67. The molecule has 8 heteroatoms. The summed E-state index contributed by atoms with van der Waals surface area (Å²) in [4.78, 5) is 23.4. The predicted molar refractivity (Wildman–Crippen MR) is 101 cm³/mol. The first-order valence-corrected chi connectivity index (χ1v) is 8.51. The maximum absolute atomic E-state index is 13.8. The fourth-order valence-electron chi connectivity index (χ4n) is 2.29. The molecule has 2 N–H and O–H groups in total. The van der Waals surface area contributed by atoms with Gasteiger partial charge in [-0.25, -0.2) is 8.78 Å². The molecule has 3 aromatic rings. The van der Waals surface area contributed by atoms with Crippen molar-refractivity contribution in [2.24, 2.45) is 0 Å². The van der Waals surface area contributed by atoms with Crippen molar-refractivity contribution in [2.75, 3.05) is 6.61 Å². The Labute approximate surface area is 164 Å². The molecule has 0 aliphatic carbocycles. The Hall–Kier alpha value is -3.94. The fourth-order valence-corrected chi connectivity index (χ4v) is 2.29. The number of nitrogens with one attached hydrogen (secondary N) is 2. The zero-order valence-corrected chi connectivity index (χ0v) is 15.0. The molecule has 3 rings (SSSR count). The molecule has 148 valence electrons. The lowest BCUT2D eigenvalue weighted by Crippen LogP contribution is -2.43. The van der Waals surface area contributed by atoms with Crippen molar-refractivity contribution in [2.45, 2.75) is 0 Å². The Morgan fingerprint density at radius 1 is 0.966 bits per heavy atom. The zero-order chi connectivity index (χ0) is 20.6. The Morgan fingerprint density at radius 3 is 2.48 bits per heavy atom. The van der Waals surface area contributed by atoms with Crippen molar-refractivity contribution in [1.82, 2.24) is 10.9 Å². The molecule has 0 atom stereocenters. The fraction of sp³-hybridized carbons (Fsp3) is 0.0476. The van der Waals surface area contributed by atoms with Crippen LogP contribution in [0.15, 0.2) is 71.2 Å². The summed E-state index contributed by atoms with van der Waals surface area (Å²) < 4.78 is 37.2. The van der Waals surface area contributed by atoms with Gasteiger partial charge in [0.05, 0.1) is 5.56 Å². The SMILES string of the molecule is O=C(/C=C/c1ccc(-c2ccccc2F)o1)NNC(=O)COc1ccc(F)cc1. The van der Waals surface area contributed by atoms with Gasteiger partial charge in [-0.2, -0.15) is 0 Å². The Morgan fingerprint density at radius 2 is 1.72 bits per heavy atom. The van der Waals surface area contributed by atoms with E-state index in [-0.39, 0.29) is 6.61 Å². The topological polar surface area (TPSA) is 80.6 Å². The molecule has 1 aromatic heterocycles. The maximum Gasteiger partial charge on any atom is 0.276 e. The number of carbonyl (C=O) groups excluding carboxylic acids is 2. The van der Waals surface area contributed by atoms with E-state index in [1.807, 2.05) is 0 Å². The molecule has 2 amide bonds. The molecule has 0 unspecified atom stereocenters. The molecule has 0 bridgehead atoms. The van der Waals surface area contributed by atoms with Crippen molar-refractivity contribution in [1.29, 1.82) is 0 Å². The van der Waals surface area contributed by atoms with Gasteiger partial charge in [-0.05, 0) is 54.6 Å². The van der Waals surface area contributed by atoms with Crippen LogP contribution in [0.5, 0.6) is 5.75 Å². The first-order chi connectivity index (χ1) is 14.0. The summed E-state index contributed by atoms with van der Waals surface area (Å²) in [6, 6.07) is 14.5. The highest BCUT2D eigenvalue weighted by atomic mass is 19.1. The van der Waals surface area contributed by atoms with Crippen molar-refractivity contribution in [3.05, 3.63) is 84.1 Å². The lowest BCUT2D eigenvalue weighted by Gasteiger charge is -2.07. The molecule has 0 saturated carbocycles. The van der Waals surface area contributed by atoms with Crippen LogP contribution in [0.2, 0.25) is 0 Å². The second-order valence-corrected chi connectivity index (χ2v) is 5.80. The highest BCUT2D eigenvalue weighted by Gasteiger charge is 2.08. The van der Waals surface area contributed by atoms with E-state index in [1.54, 1.807) is 30.3 Å². The Bertz CT molecular complexity index is 1030. The molecule has 2 aromatic carbocycles. The molecule has 0 radical (unpaired) electrons. The predicted octanol–water partition coefficient (Wildman–Crippen LogP) is 3.46. The van der Waals surface area contributed by atoms with Crippen LogP contribution < -0.4 is 15.6 Å². The molecule has 0 aliphatic rings. The second kappa shape index (κ2) is 9.32. The lowest BCUT2D eigenvalue weighted by atomic mass is 10.1. The average Bonchev–Trinajstić information content (AvgIpc) is 3.19. The van der Waals surface area contributed by atoms with Gasteiger partial charge >= 0.3 is 0 Å². The van der Waals surface area contributed by atoms with Gasteiger partial charge in [-0.1, -0.05) is 12.1 Å². The minimum absolute atomic E-state index is 0.310. The third-order valence-electron chi connectivity index (χ3n) is 3.67. The quantitative estimate of drug-likeness (QED) is 0.492. The molecule has 0 saturated heterocycles. The van der Waals surface area contributed by atoms with Crippen LogP contribution in [0.4, 0.5) is 8.78 Å². The van der Waals surface area contributed by atoms with Crippen molar-refractivity contribution in [3.63, 3.8) is 0 Å². The smallest absolute Gasteiger partial charge is 0.276 e. The van der Waals surface area contributed by atoms with Crippen LogP contribution in [0, 0.1) is 11.6 Å². The first kappa shape index (κ1) is 19.8. The number of rotatable bonds is 6. The van der Waals surface area contributed by atoms with Crippen LogP contribution in [-0.2, 0) is 9.59 Å². The summed E-state index contributed by atoms with van der Waals surface area (Å²) in [6.45, 7) is -0.361. The lowest BCUT2D eigenvalue weighted by molar-refractivity contribution is -0.128. The number of furan rings is 1. The number of ether oxygens (including phenoxy) is 1. The van der Waals surface area contributed by atoms with E-state index in [2.05, 4.69) is 10.9 Å². The standard InChI is InChI=1S/C21H16F2N2O4/c22-14-5-7-15(8-6-14)28-13-21(27)25-24-20(26)12-10-16-9-11-19(29-16)17-3-1-2-4-18(17)23/h1-12H,13H2,(H,24,26)(H,25,27)/b12-10+. The molecule has 6 nitrogen and oxygen atoms in total. The van der Waals surface area contributed by atoms with E-state index in [4.69, 9.17) is 9.15 Å². The van der Waals surface area contributed by atoms with Gasteiger partial charge in [0.2, 0.25) is 0 Å². The van der Waals surface area contributed by atoms with E-state index >= 15 is 0 Å². The van der Waals surface area contributed by atoms with Gasteiger partial charge in [0.25, 0.3) is 11.8 Å². The van der Waals surface area contributed by atoms with Gasteiger partial charge in [0.1, 0.15) is 28.9 Å². The van der Waals surface area contributed by atoms with Crippen LogP contribution in [-0.4, -0.2) is 18.4 Å². The number of hydrazine groups is 1. The zero-order valence-electron chi connectivity index (χ0n) is 15.0. The van der Waals surface area contributed by atoms with Gasteiger partial charge < -0.3 is 9.15 Å². The number of amides is 2. The monoisotopic (exact) mass is 398 g/mol. The molecule has 1 heterocycles. The van der Waals surface area contributed by atoms with Crippen LogP contribution in [0.1, 0.15) is 5.76 Å². The largest absolute Gasteiger partial charge is 0.484 e. The Balaban J connectivity index is 1.45. The van der Waals surface area contributed by atoms with Crippen LogP contribution in [0.25, 0.3) is 17.4 Å². The molecular weight excluding hydrogens is 382 g/mol. The minimum atomic E-state index is -0.607. The normalized spacial score (nSPS) is 10.7. The van der Waals surface area contributed by atoms with Gasteiger partial charge in [0, 0.05) is 6.08 Å². The maximum atomic E-state index is 13.8. The molecular formula is C21H16F2N2O4. The summed E-state index contributed by atoms with van der Waals surface area (Å²) in [6.07, 6.45) is 2.52. The van der Waals surface area contributed by atoms with Crippen molar-refractivity contribution in [3.8, 4) is 17.1 Å². The summed E-state index contributed by atoms with van der Waals surface area (Å²) in [7, 11) is 0. The molecule has 0 fully saturated rings. The van der Waals surface area contributed by atoms with Gasteiger partial charge in [0.15, 0.2) is 6.61 Å². The third kappa shape index (κ3) is 5.77. The summed E-state index contributed by atoms with van der Waals surface area (Å²) in [5, 5.41) is 0. The first-order valence-electron chi connectivity index (χ1n) is 8.51. The van der Waals surface area contributed by atoms with Crippen LogP contribution >= 0.6 is 0 Å². The summed E-state index contributed by atoms with van der Waals surface area (Å²) in [5.74, 6) is -1.06. The van der Waals surface area contributed by atoms with Gasteiger partial charge in [-0.3, -0.25) is 20.4 Å². The van der Waals surface area contributed by atoms with Crippen LogP contribution in [0.3, 0.4) is 0 Å². The van der Waals surface area contributed by atoms with Crippen molar-refractivity contribution >= 4 is 17.9 Å². The molecule has 0 spiro atoms. The molecule has 0 aliphatic heterocycles.